The van der Waals surface area contributed by atoms with Crippen LogP contribution in [0.15, 0.2) is 82.9 Å². The van der Waals surface area contributed by atoms with Gasteiger partial charge in [0.15, 0.2) is 0 Å². The average Bonchev–Trinajstić information content (AvgIpc) is 3.81. The number of amides is 5. The van der Waals surface area contributed by atoms with Gasteiger partial charge < -0.3 is 39.8 Å². The van der Waals surface area contributed by atoms with Crippen LogP contribution in [0, 0.1) is 23.7 Å². The standard InChI is InChI=1S/C52H78N6O9S2/c1-13-35(6)46(41(65-11)30-43(59)58-29-19-20-40(58)47(66-12)37(8)48(60)54-36(7)31-52(64)26-16-14-17-27-52)56(9)50(62)44(33(2)3)55-49(61)45(34(4)5)57(10)51(63)67-32-38-22-24-39(25-23-38)68-69-42-21-15-18-28-53-42/h14-18,21-26,28,33-37,40-41,44-47,64H,13,19-20,27,29-32H2,1-12H3,(H,54,60)(H,55,61)/t35-,36+,37+,40+,41+,44-,45-,46-,47+,52-/m0/s1. The van der Waals surface area contributed by atoms with Crippen molar-refractivity contribution in [2.45, 2.75) is 158 Å². The lowest BCUT2D eigenvalue weighted by atomic mass is 9.88. The van der Waals surface area contributed by atoms with Crippen molar-refractivity contribution in [3.05, 3.63) is 78.5 Å². The Morgan fingerprint density at radius 1 is 0.899 bits per heavy atom. The van der Waals surface area contributed by atoms with Gasteiger partial charge in [-0.25, -0.2) is 9.78 Å². The summed E-state index contributed by atoms with van der Waals surface area (Å²) in [6.45, 7) is 15.6. The normalized spacial score (nSPS) is 20.3. The summed E-state index contributed by atoms with van der Waals surface area (Å²) in [6, 6.07) is 10.3. The van der Waals surface area contributed by atoms with Gasteiger partial charge in [-0.15, -0.1) is 0 Å². The van der Waals surface area contributed by atoms with Crippen molar-refractivity contribution in [1.29, 1.82) is 0 Å². The summed E-state index contributed by atoms with van der Waals surface area (Å²) in [5.41, 5.74) is -0.243. The maximum atomic E-state index is 14.6. The summed E-state index contributed by atoms with van der Waals surface area (Å²) < 4.78 is 17.7. The van der Waals surface area contributed by atoms with E-state index in [-0.39, 0.29) is 60.6 Å². The number of hydrogen-bond acceptors (Lipinski definition) is 12. The van der Waals surface area contributed by atoms with Gasteiger partial charge in [-0.1, -0.05) is 108 Å². The molecule has 1 fully saturated rings. The largest absolute Gasteiger partial charge is 0.445 e. The molecular formula is C52H78N6O9S2. The molecule has 1 aliphatic heterocycles. The van der Waals surface area contributed by atoms with Gasteiger partial charge in [0, 0.05) is 52.0 Å². The number of likely N-dealkylation sites (N-methyl/N-ethyl adjacent to an activating group) is 2. The molecule has 1 saturated heterocycles. The molecule has 2 aliphatic rings. The second-order valence-electron chi connectivity index (χ2n) is 19.4. The van der Waals surface area contributed by atoms with E-state index in [2.05, 4.69) is 15.6 Å². The van der Waals surface area contributed by atoms with E-state index >= 15 is 0 Å². The second kappa shape index (κ2) is 27.3. The topological polar surface area (TPSA) is 180 Å². The highest BCUT2D eigenvalue weighted by Gasteiger charge is 2.44. The SMILES string of the molecule is CC[C@H](C)[C@@H]([C@@H](CC(=O)N1CCC[C@@H]1[C@H](OC)[C@@H](C)C(=O)N[C@H](C)C[C@]1(O)C=CC=CC1)OC)N(C)C(=O)[C@@H](NC(=O)[C@H](C(C)C)N(C)C(=O)OCc1ccc(SSc2ccccn2)cc1)C(C)C. The van der Waals surface area contributed by atoms with E-state index in [9.17, 15) is 29.1 Å². The number of rotatable bonds is 25. The van der Waals surface area contributed by atoms with Crippen LogP contribution in [0.2, 0.25) is 0 Å². The second-order valence-corrected chi connectivity index (χ2v) is 21.6. The summed E-state index contributed by atoms with van der Waals surface area (Å²) in [4.78, 5) is 80.3. The molecule has 1 aliphatic carbocycles. The van der Waals surface area contributed by atoms with Crippen LogP contribution in [0.5, 0.6) is 0 Å². The molecule has 2 heterocycles. The third-order valence-corrected chi connectivity index (χ3v) is 15.7. The molecule has 0 unspecified atom stereocenters. The molecule has 0 spiro atoms. The van der Waals surface area contributed by atoms with Crippen LogP contribution in [-0.4, -0.2) is 137 Å². The van der Waals surface area contributed by atoms with E-state index in [1.807, 2.05) is 109 Å². The molecule has 3 N–H and O–H groups in total. The highest BCUT2D eigenvalue weighted by Crippen LogP contribution is 2.36. The van der Waals surface area contributed by atoms with E-state index in [0.717, 1.165) is 21.9 Å². The number of nitrogens with one attached hydrogen (secondary N) is 2. The molecule has 0 saturated carbocycles. The first kappa shape index (κ1) is 57.2. The van der Waals surface area contributed by atoms with Gasteiger partial charge in [-0.3, -0.25) is 24.1 Å². The monoisotopic (exact) mass is 995 g/mol. The van der Waals surface area contributed by atoms with Crippen molar-refractivity contribution < 1.29 is 43.3 Å². The minimum atomic E-state index is -1.03. The summed E-state index contributed by atoms with van der Waals surface area (Å²) in [6.07, 6.45) is 10.0. The number of ether oxygens (including phenoxy) is 3. The van der Waals surface area contributed by atoms with Gasteiger partial charge in [0.1, 0.15) is 23.7 Å². The van der Waals surface area contributed by atoms with Crippen LogP contribution in [0.4, 0.5) is 4.79 Å². The van der Waals surface area contributed by atoms with Crippen molar-refractivity contribution in [3.63, 3.8) is 0 Å². The van der Waals surface area contributed by atoms with Crippen LogP contribution < -0.4 is 10.6 Å². The Hall–Kier alpha value is -4.42. The molecule has 2 aromatic rings. The fourth-order valence-corrected chi connectivity index (χ4v) is 11.3. The number of carbonyl (C=O) groups is 5. The number of pyridine rings is 1. The molecule has 17 heteroatoms. The molecule has 5 amide bonds. The lowest BCUT2D eigenvalue weighted by Crippen LogP contribution is -2.60. The predicted molar refractivity (Wildman–Crippen MR) is 272 cm³/mol. The molecule has 69 heavy (non-hydrogen) atoms. The number of aromatic nitrogens is 1. The molecule has 1 aromatic carbocycles. The van der Waals surface area contributed by atoms with Gasteiger partial charge in [0.2, 0.25) is 23.6 Å². The maximum absolute atomic E-state index is 14.6. The highest BCUT2D eigenvalue weighted by atomic mass is 33.1. The number of benzene rings is 1. The number of allylic oxidation sites excluding steroid dienone is 2. The van der Waals surface area contributed by atoms with E-state index in [4.69, 9.17) is 14.2 Å². The Bertz CT molecular complexity index is 2040. The quantitative estimate of drug-likeness (QED) is 0.0828. The molecule has 0 bridgehead atoms. The lowest BCUT2D eigenvalue weighted by Gasteiger charge is -2.41. The van der Waals surface area contributed by atoms with Crippen LogP contribution in [0.3, 0.4) is 0 Å². The van der Waals surface area contributed by atoms with Crippen LogP contribution in [0.25, 0.3) is 0 Å². The first-order chi connectivity index (χ1) is 32.7. The summed E-state index contributed by atoms with van der Waals surface area (Å²) in [5.74, 6) is -2.58. The minimum Gasteiger partial charge on any atom is -0.445 e. The number of methoxy groups -OCH3 is 2. The average molecular weight is 995 g/mol. The van der Waals surface area contributed by atoms with Crippen LogP contribution in [0.1, 0.15) is 99.5 Å². The molecule has 382 valence electrons. The van der Waals surface area contributed by atoms with Crippen molar-refractivity contribution in [2.75, 3.05) is 34.9 Å². The number of likely N-dealkylation sites (tertiary alicyclic amines) is 1. The Morgan fingerprint density at radius 3 is 2.19 bits per heavy atom. The molecule has 1 aromatic heterocycles. The van der Waals surface area contributed by atoms with E-state index < -0.39 is 53.9 Å². The third-order valence-electron chi connectivity index (χ3n) is 13.4. The van der Waals surface area contributed by atoms with Crippen molar-refractivity contribution in [1.82, 2.24) is 30.3 Å². The van der Waals surface area contributed by atoms with Gasteiger partial charge in [0.05, 0.1) is 42.2 Å². The Labute approximate surface area is 418 Å². The zero-order valence-corrected chi connectivity index (χ0v) is 44.4. The Balaban J connectivity index is 1.40. The number of hydrogen-bond donors (Lipinski definition) is 3. The zero-order valence-electron chi connectivity index (χ0n) is 42.8. The number of nitrogens with zero attached hydrogens (tertiary/aromatic N) is 4. The lowest BCUT2D eigenvalue weighted by molar-refractivity contribution is -0.148. The molecule has 4 rings (SSSR count). The summed E-state index contributed by atoms with van der Waals surface area (Å²) >= 11 is 0. The van der Waals surface area contributed by atoms with Gasteiger partial charge in [0.25, 0.3) is 0 Å². The smallest absolute Gasteiger partial charge is 0.410 e. The third kappa shape index (κ3) is 16.0. The van der Waals surface area contributed by atoms with Crippen LogP contribution in [-0.2, 0) is 40.0 Å². The predicted octanol–water partition coefficient (Wildman–Crippen LogP) is 7.68. The zero-order chi connectivity index (χ0) is 51.0. The summed E-state index contributed by atoms with van der Waals surface area (Å²) in [5, 5.41) is 17.9. The van der Waals surface area contributed by atoms with Gasteiger partial charge in [-0.05, 0) is 91.0 Å². The van der Waals surface area contributed by atoms with Gasteiger partial charge >= 0.3 is 6.09 Å². The Morgan fingerprint density at radius 2 is 1.61 bits per heavy atom. The van der Waals surface area contributed by atoms with Crippen molar-refractivity contribution in [3.8, 4) is 0 Å². The number of aliphatic hydroxyl groups is 1. The molecule has 10 atom stereocenters. The van der Waals surface area contributed by atoms with Crippen LogP contribution >= 0.6 is 21.6 Å². The molecular weight excluding hydrogens is 917 g/mol. The molecule has 15 nitrogen and oxygen atoms in total. The van der Waals surface area contributed by atoms with Crippen molar-refractivity contribution >= 4 is 51.3 Å². The summed E-state index contributed by atoms with van der Waals surface area (Å²) in [7, 11) is 9.43. The maximum Gasteiger partial charge on any atom is 0.410 e. The number of carbonyl (C=O) groups excluding carboxylic acids is 5. The molecule has 0 radical (unpaired) electrons. The van der Waals surface area contributed by atoms with Crippen molar-refractivity contribution in [2.24, 2.45) is 23.7 Å². The minimum absolute atomic E-state index is 0.0103. The Kier molecular flexibility index (Phi) is 22.6. The highest BCUT2D eigenvalue weighted by molar-refractivity contribution is 8.76. The van der Waals surface area contributed by atoms with E-state index in [1.54, 1.807) is 64.7 Å². The fraction of sp³-hybridized carbons (Fsp3) is 0.615. The van der Waals surface area contributed by atoms with E-state index in [0.29, 0.717) is 32.2 Å². The van der Waals surface area contributed by atoms with Gasteiger partial charge in [-0.2, -0.15) is 0 Å². The first-order valence-corrected chi connectivity index (χ1v) is 26.4. The van der Waals surface area contributed by atoms with E-state index in [1.165, 1.54) is 19.1 Å². The first-order valence-electron chi connectivity index (χ1n) is 24.3. The fourth-order valence-electron chi connectivity index (χ4n) is 9.45.